The van der Waals surface area contributed by atoms with Crippen molar-refractivity contribution in [1.82, 2.24) is 19.7 Å². The van der Waals surface area contributed by atoms with Gasteiger partial charge >= 0.3 is 0 Å². The molecule has 0 aliphatic carbocycles. The summed E-state index contributed by atoms with van der Waals surface area (Å²) in [5, 5.41) is 5.84. The van der Waals surface area contributed by atoms with Crippen LogP contribution in [0.3, 0.4) is 0 Å². The van der Waals surface area contributed by atoms with Crippen molar-refractivity contribution in [1.29, 1.82) is 0 Å². The molecule has 4 rings (SSSR count). The summed E-state index contributed by atoms with van der Waals surface area (Å²) in [7, 11) is 0. The molecule has 6 heteroatoms. The average Bonchev–Trinajstić information content (AvgIpc) is 3.26. The van der Waals surface area contributed by atoms with Crippen molar-refractivity contribution >= 4 is 28.4 Å². The minimum atomic E-state index is 0.0771. The number of rotatable bonds is 3. The molecule has 1 aliphatic heterocycles. The Morgan fingerprint density at radius 1 is 1.43 bits per heavy atom. The summed E-state index contributed by atoms with van der Waals surface area (Å²) in [5.41, 5.74) is 1.60. The van der Waals surface area contributed by atoms with E-state index < -0.39 is 0 Å². The minimum Gasteiger partial charge on any atom is -0.360 e. The number of carbonyl (C=O) groups is 1. The molecule has 1 atom stereocenters. The van der Waals surface area contributed by atoms with Crippen LogP contribution >= 0.6 is 11.6 Å². The fourth-order valence-corrected chi connectivity index (χ4v) is 3.52. The van der Waals surface area contributed by atoms with E-state index in [4.69, 9.17) is 11.6 Å². The fraction of sp³-hybridized carbons (Fsp3) is 0.294. The highest BCUT2D eigenvalue weighted by molar-refractivity contribution is 6.31. The number of halogens is 1. The molecule has 23 heavy (non-hydrogen) atoms. The molecule has 1 N–H and O–H groups in total. The van der Waals surface area contributed by atoms with Crippen LogP contribution in [0, 0.1) is 0 Å². The molecule has 0 saturated carbocycles. The summed E-state index contributed by atoms with van der Waals surface area (Å²) in [6.07, 6.45) is 7.54. The second-order valence-electron chi connectivity index (χ2n) is 5.91. The Kier molecular flexibility index (Phi) is 3.58. The Bertz CT molecular complexity index is 840. The van der Waals surface area contributed by atoms with Gasteiger partial charge in [0.2, 0.25) is 0 Å². The van der Waals surface area contributed by atoms with E-state index in [0.717, 1.165) is 36.8 Å². The van der Waals surface area contributed by atoms with E-state index in [1.807, 2.05) is 40.0 Å². The lowest BCUT2D eigenvalue weighted by atomic mass is 10.1. The third kappa shape index (κ3) is 2.61. The molecular weight excluding hydrogens is 312 g/mol. The number of H-pyrrole nitrogens is 1. The molecule has 0 spiro atoms. The van der Waals surface area contributed by atoms with Gasteiger partial charge in [0.25, 0.3) is 5.91 Å². The first kappa shape index (κ1) is 14.3. The van der Waals surface area contributed by atoms with Crippen molar-refractivity contribution in [2.24, 2.45) is 0 Å². The van der Waals surface area contributed by atoms with Crippen molar-refractivity contribution < 1.29 is 4.79 Å². The summed E-state index contributed by atoms with van der Waals surface area (Å²) >= 11 is 6.01. The molecule has 1 aromatic carbocycles. The van der Waals surface area contributed by atoms with E-state index in [0.29, 0.717) is 10.6 Å². The van der Waals surface area contributed by atoms with Crippen LogP contribution < -0.4 is 0 Å². The quantitative estimate of drug-likeness (QED) is 0.802. The van der Waals surface area contributed by atoms with Gasteiger partial charge in [0.05, 0.1) is 18.2 Å². The van der Waals surface area contributed by atoms with Gasteiger partial charge in [0.1, 0.15) is 0 Å². The molecule has 1 amide bonds. The number of aromatic nitrogens is 3. The Labute approximate surface area is 138 Å². The monoisotopic (exact) mass is 328 g/mol. The van der Waals surface area contributed by atoms with Crippen LogP contribution in [0.4, 0.5) is 0 Å². The Morgan fingerprint density at radius 2 is 2.35 bits per heavy atom. The maximum Gasteiger partial charge on any atom is 0.256 e. The normalized spacial score (nSPS) is 18.0. The van der Waals surface area contributed by atoms with Gasteiger partial charge in [-0.3, -0.25) is 9.48 Å². The van der Waals surface area contributed by atoms with Crippen LogP contribution in [0.15, 0.2) is 42.9 Å². The van der Waals surface area contributed by atoms with E-state index in [-0.39, 0.29) is 11.9 Å². The first-order valence-electron chi connectivity index (χ1n) is 7.77. The van der Waals surface area contributed by atoms with Gasteiger partial charge in [0.15, 0.2) is 0 Å². The predicted octanol–water partition coefficient (Wildman–Crippen LogP) is 3.32. The van der Waals surface area contributed by atoms with Crippen molar-refractivity contribution in [3.8, 4) is 0 Å². The summed E-state index contributed by atoms with van der Waals surface area (Å²) in [5.74, 6) is 0.0771. The summed E-state index contributed by atoms with van der Waals surface area (Å²) in [6, 6.07) is 7.67. The third-order valence-electron chi connectivity index (χ3n) is 4.47. The van der Waals surface area contributed by atoms with Gasteiger partial charge in [-0.15, -0.1) is 0 Å². The number of nitrogens with zero attached hydrogens (tertiary/aromatic N) is 3. The SMILES string of the molecule is O=C(c1c[nH]c2cc(Cl)ccc12)N1CCCC1Cn1cccn1. The molecule has 1 aliphatic rings. The molecule has 3 aromatic rings. The van der Waals surface area contributed by atoms with Gasteiger partial charge in [-0.05, 0) is 31.0 Å². The Balaban J connectivity index is 1.61. The number of hydrogen-bond donors (Lipinski definition) is 1. The summed E-state index contributed by atoms with van der Waals surface area (Å²) in [4.78, 5) is 18.1. The van der Waals surface area contributed by atoms with Crippen LogP contribution in [-0.4, -0.2) is 38.2 Å². The molecule has 2 aromatic heterocycles. The zero-order valence-corrected chi connectivity index (χ0v) is 13.3. The lowest BCUT2D eigenvalue weighted by Crippen LogP contribution is -2.38. The third-order valence-corrected chi connectivity index (χ3v) is 4.70. The number of hydrogen-bond acceptors (Lipinski definition) is 2. The number of likely N-dealkylation sites (tertiary alicyclic amines) is 1. The molecule has 0 bridgehead atoms. The van der Waals surface area contributed by atoms with Gasteiger partial charge in [-0.1, -0.05) is 17.7 Å². The predicted molar refractivity (Wildman–Crippen MR) is 89.6 cm³/mol. The largest absolute Gasteiger partial charge is 0.360 e. The van der Waals surface area contributed by atoms with E-state index >= 15 is 0 Å². The van der Waals surface area contributed by atoms with E-state index in [9.17, 15) is 4.79 Å². The number of aromatic amines is 1. The van der Waals surface area contributed by atoms with Crippen LogP contribution in [0.25, 0.3) is 10.9 Å². The topological polar surface area (TPSA) is 53.9 Å². The van der Waals surface area contributed by atoms with Crippen LogP contribution in [0.5, 0.6) is 0 Å². The number of nitrogens with one attached hydrogen (secondary N) is 1. The van der Waals surface area contributed by atoms with Gasteiger partial charge in [-0.25, -0.2) is 0 Å². The van der Waals surface area contributed by atoms with Crippen LogP contribution in [0.1, 0.15) is 23.2 Å². The molecule has 3 heterocycles. The molecule has 1 saturated heterocycles. The Hall–Kier alpha value is -2.27. The van der Waals surface area contributed by atoms with Gasteiger partial charge in [-0.2, -0.15) is 5.10 Å². The summed E-state index contributed by atoms with van der Waals surface area (Å²) in [6.45, 7) is 1.54. The van der Waals surface area contributed by atoms with Crippen molar-refractivity contribution in [3.05, 3.63) is 53.4 Å². The maximum absolute atomic E-state index is 13.0. The number of fused-ring (bicyclic) bond motifs is 1. The van der Waals surface area contributed by atoms with Crippen molar-refractivity contribution in [2.45, 2.75) is 25.4 Å². The second kappa shape index (κ2) is 5.74. The molecule has 1 fully saturated rings. The maximum atomic E-state index is 13.0. The molecule has 0 radical (unpaired) electrons. The first-order valence-corrected chi connectivity index (χ1v) is 8.15. The van der Waals surface area contributed by atoms with Gasteiger partial charge < -0.3 is 9.88 Å². The number of amides is 1. The lowest BCUT2D eigenvalue weighted by Gasteiger charge is -2.24. The summed E-state index contributed by atoms with van der Waals surface area (Å²) < 4.78 is 1.89. The second-order valence-corrected chi connectivity index (χ2v) is 6.35. The molecular formula is C17H17ClN4O. The lowest BCUT2D eigenvalue weighted by molar-refractivity contribution is 0.0723. The smallest absolute Gasteiger partial charge is 0.256 e. The fourth-order valence-electron chi connectivity index (χ4n) is 3.35. The number of carbonyl (C=O) groups excluding carboxylic acids is 1. The van der Waals surface area contributed by atoms with E-state index in [1.165, 1.54) is 0 Å². The Morgan fingerprint density at radius 3 is 3.17 bits per heavy atom. The average molecular weight is 329 g/mol. The molecule has 1 unspecified atom stereocenters. The molecule has 5 nitrogen and oxygen atoms in total. The highest BCUT2D eigenvalue weighted by Crippen LogP contribution is 2.26. The number of benzene rings is 1. The van der Waals surface area contributed by atoms with Crippen molar-refractivity contribution in [2.75, 3.05) is 6.54 Å². The standard InChI is InChI=1S/C17H17ClN4O/c18-12-4-5-14-15(10-19-16(14)9-12)17(23)22-8-1-3-13(22)11-21-7-2-6-20-21/h2,4-7,9-10,13,19H,1,3,8,11H2. The van der Waals surface area contributed by atoms with E-state index in [2.05, 4.69) is 10.1 Å². The van der Waals surface area contributed by atoms with Crippen LogP contribution in [0.2, 0.25) is 5.02 Å². The highest BCUT2D eigenvalue weighted by Gasteiger charge is 2.30. The first-order chi connectivity index (χ1) is 11.2. The van der Waals surface area contributed by atoms with Crippen LogP contribution in [-0.2, 0) is 6.54 Å². The zero-order valence-electron chi connectivity index (χ0n) is 12.6. The van der Waals surface area contributed by atoms with E-state index in [1.54, 1.807) is 12.4 Å². The van der Waals surface area contributed by atoms with Crippen molar-refractivity contribution in [3.63, 3.8) is 0 Å². The zero-order chi connectivity index (χ0) is 15.8. The van der Waals surface area contributed by atoms with Gasteiger partial charge in [0, 0.05) is 41.1 Å². The highest BCUT2D eigenvalue weighted by atomic mass is 35.5. The minimum absolute atomic E-state index is 0.0771. The molecule has 118 valence electrons.